The highest BCUT2D eigenvalue weighted by Crippen LogP contribution is 2.12. The lowest BCUT2D eigenvalue weighted by molar-refractivity contribution is 0.637. The quantitative estimate of drug-likeness (QED) is 0.755. The van der Waals surface area contributed by atoms with Crippen molar-refractivity contribution < 1.29 is 0 Å². The molecule has 0 aliphatic carbocycles. The van der Waals surface area contributed by atoms with Gasteiger partial charge in [0.25, 0.3) is 0 Å². The van der Waals surface area contributed by atoms with E-state index >= 15 is 0 Å². The molecule has 68 valence electrons. The Hall–Kier alpha value is -1.45. The summed E-state index contributed by atoms with van der Waals surface area (Å²) in [5.74, 6) is 0.599. The molecular weight excluding hydrogens is 164 g/mol. The van der Waals surface area contributed by atoms with Crippen molar-refractivity contribution in [3.05, 3.63) is 18.3 Å². The molecule has 0 aliphatic heterocycles. The summed E-state index contributed by atoms with van der Waals surface area (Å²) < 4.78 is 0. The number of H-pyrrole nitrogens is 1. The van der Waals surface area contributed by atoms with E-state index in [1.165, 1.54) is 0 Å². The minimum absolute atomic E-state index is 0.599. The molecule has 2 rings (SSSR count). The zero-order chi connectivity index (χ0) is 9.26. The number of aromatic nitrogens is 4. The topological polar surface area (TPSA) is 54.5 Å². The molecule has 0 atom stereocenters. The second kappa shape index (κ2) is 3.12. The maximum atomic E-state index is 4.24. The molecule has 2 heterocycles. The van der Waals surface area contributed by atoms with Crippen molar-refractivity contribution in [1.82, 2.24) is 19.9 Å². The summed E-state index contributed by atoms with van der Waals surface area (Å²) in [6, 6.07) is 0. The molecule has 0 spiro atoms. The fourth-order valence-corrected chi connectivity index (χ4v) is 1.36. The molecule has 0 aliphatic rings. The Labute approximate surface area is 76.4 Å². The van der Waals surface area contributed by atoms with E-state index in [0.29, 0.717) is 5.92 Å². The molecule has 13 heavy (non-hydrogen) atoms. The predicted molar refractivity (Wildman–Crippen MR) is 50.2 cm³/mol. The van der Waals surface area contributed by atoms with Crippen LogP contribution in [0.5, 0.6) is 0 Å². The lowest BCUT2D eigenvalue weighted by atomic mass is 10.1. The summed E-state index contributed by atoms with van der Waals surface area (Å²) in [5.41, 5.74) is 2.78. The van der Waals surface area contributed by atoms with Gasteiger partial charge in [0.15, 0.2) is 5.65 Å². The number of nitrogens with zero attached hydrogens (tertiary/aromatic N) is 3. The third-order valence-corrected chi connectivity index (χ3v) is 1.90. The molecule has 4 heteroatoms. The van der Waals surface area contributed by atoms with Gasteiger partial charge >= 0.3 is 0 Å². The maximum Gasteiger partial charge on any atom is 0.180 e. The average molecular weight is 176 g/mol. The van der Waals surface area contributed by atoms with Gasteiger partial charge in [0.2, 0.25) is 0 Å². The summed E-state index contributed by atoms with van der Waals surface area (Å²) in [5, 5.41) is 0. The second-order valence-electron chi connectivity index (χ2n) is 3.52. The standard InChI is InChI=1S/C9H12N4/c1-6(2)3-7-8-9(12-4-10-7)13-5-11-8/h4-6H,3H2,1-2H3,(H,10,11,12,13). The Morgan fingerprint density at radius 1 is 1.31 bits per heavy atom. The average Bonchev–Trinajstić information content (AvgIpc) is 2.51. The molecule has 1 N–H and O–H groups in total. The zero-order valence-corrected chi connectivity index (χ0v) is 7.78. The van der Waals surface area contributed by atoms with E-state index in [2.05, 4.69) is 33.8 Å². The Balaban J connectivity index is 2.48. The Morgan fingerprint density at radius 3 is 2.92 bits per heavy atom. The minimum atomic E-state index is 0.599. The Bertz CT molecular complexity index is 405. The summed E-state index contributed by atoms with van der Waals surface area (Å²) in [6.07, 6.45) is 4.19. The van der Waals surface area contributed by atoms with Gasteiger partial charge in [-0.25, -0.2) is 15.0 Å². The molecule has 0 bridgehead atoms. The summed E-state index contributed by atoms with van der Waals surface area (Å²) in [4.78, 5) is 15.4. The van der Waals surface area contributed by atoms with E-state index in [9.17, 15) is 0 Å². The normalized spacial score (nSPS) is 11.3. The molecule has 2 aromatic rings. The summed E-state index contributed by atoms with van der Waals surface area (Å²) in [7, 11) is 0. The lowest BCUT2D eigenvalue weighted by Crippen LogP contribution is -1.99. The van der Waals surface area contributed by atoms with Gasteiger partial charge in [-0.2, -0.15) is 0 Å². The molecule has 0 fully saturated rings. The van der Waals surface area contributed by atoms with Gasteiger partial charge in [-0.1, -0.05) is 13.8 Å². The van der Waals surface area contributed by atoms with E-state index in [0.717, 1.165) is 23.3 Å². The predicted octanol–water partition coefficient (Wildman–Crippen LogP) is 1.55. The number of hydrogen-bond acceptors (Lipinski definition) is 3. The van der Waals surface area contributed by atoms with Gasteiger partial charge in [0, 0.05) is 0 Å². The first-order valence-corrected chi connectivity index (χ1v) is 4.40. The summed E-state index contributed by atoms with van der Waals surface area (Å²) >= 11 is 0. The van der Waals surface area contributed by atoms with Crippen molar-refractivity contribution in [2.75, 3.05) is 0 Å². The van der Waals surface area contributed by atoms with E-state index in [4.69, 9.17) is 0 Å². The second-order valence-corrected chi connectivity index (χ2v) is 3.52. The van der Waals surface area contributed by atoms with Crippen molar-refractivity contribution in [2.45, 2.75) is 20.3 Å². The van der Waals surface area contributed by atoms with Crippen LogP contribution >= 0.6 is 0 Å². The highest BCUT2D eigenvalue weighted by Gasteiger charge is 2.06. The fourth-order valence-electron chi connectivity index (χ4n) is 1.36. The molecule has 0 saturated heterocycles. The van der Waals surface area contributed by atoms with Gasteiger partial charge in [-0.05, 0) is 12.3 Å². The lowest BCUT2D eigenvalue weighted by Gasteiger charge is -2.03. The van der Waals surface area contributed by atoms with E-state index in [1.54, 1.807) is 12.7 Å². The third-order valence-electron chi connectivity index (χ3n) is 1.90. The first kappa shape index (κ1) is 8.16. The van der Waals surface area contributed by atoms with E-state index < -0.39 is 0 Å². The number of rotatable bonds is 2. The smallest absolute Gasteiger partial charge is 0.180 e. The molecule has 2 aromatic heterocycles. The molecule has 4 nitrogen and oxygen atoms in total. The van der Waals surface area contributed by atoms with Gasteiger partial charge in [-0.3, -0.25) is 0 Å². The van der Waals surface area contributed by atoms with Crippen molar-refractivity contribution in [3.63, 3.8) is 0 Å². The maximum absolute atomic E-state index is 4.24. The van der Waals surface area contributed by atoms with Gasteiger partial charge in [-0.15, -0.1) is 0 Å². The highest BCUT2D eigenvalue weighted by atomic mass is 15.0. The first-order valence-electron chi connectivity index (χ1n) is 4.40. The number of aromatic amines is 1. The third kappa shape index (κ3) is 1.52. The van der Waals surface area contributed by atoms with Crippen LogP contribution in [0.3, 0.4) is 0 Å². The summed E-state index contributed by atoms with van der Waals surface area (Å²) in [6.45, 7) is 4.34. The molecule has 0 aromatic carbocycles. The van der Waals surface area contributed by atoms with Gasteiger partial charge < -0.3 is 4.98 Å². The van der Waals surface area contributed by atoms with Crippen LogP contribution in [0, 0.1) is 5.92 Å². The van der Waals surface area contributed by atoms with Crippen LogP contribution in [0.2, 0.25) is 0 Å². The van der Waals surface area contributed by atoms with Crippen LogP contribution in [0.25, 0.3) is 11.2 Å². The Kier molecular flexibility index (Phi) is 1.96. The molecule has 0 saturated carbocycles. The fraction of sp³-hybridized carbons (Fsp3) is 0.444. The van der Waals surface area contributed by atoms with Crippen LogP contribution in [0.4, 0.5) is 0 Å². The van der Waals surface area contributed by atoms with Crippen molar-refractivity contribution in [2.24, 2.45) is 5.92 Å². The number of nitrogens with one attached hydrogen (secondary N) is 1. The van der Waals surface area contributed by atoms with Crippen LogP contribution in [0.1, 0.15) is 19.5 Å². The first-order chi connectivity index (χ1) is 6.27. The highest BCUT2D eigenvalue weighted by molar-refractivity contribution is 5.71. The van der Waals surface area contributed by atoms with Crippen molar-refractivity contribution >= 4 is 11.2 Å². The van der Waals surface area contributed by atoms with Crippen molar-refractivity contribution in [3.8, 4) is 0 Å². The molecular formula is C9H12N4. The molecule has 0 amide bonds. The van der Waals surface area contributed by atoms with Gasteiger partial charge in [0.1, 0.15) is 11.8 Å². The largest absolute Gasteiger partial charge is 0.342 e. The minimum Gasteiger partial charge on any atom is -0.342 e. The van der Waals surface area contributed by atoms with E-state index in [1.807, 2.05) is 0 Å². The van der Waals surface area contributed by atoms with Gasteiger partial charge in [0.05, 0.1) is 12.0 Å². The SMILES string of the molecule is CC(C)Cc1ncnc2nc[nH]c12. The molecule has 0 unspecified atom stereocenters. The Morgan fingerprint density at radius 2 is 2.15 bits per heavy atom. The zero-order valence-electron chi connectivity index (χ0n) is 7.78. The van der Waals surface area contributed by atoms with Crippen LogP contribution in [0.15, 0.2) is 12.7 Å². The van der Waals surface area contributed by atoms with Crippen molar-refractivity contribution in [1.29, 1.82) is 0 Å². The van der Waals surface area contributed by atoms with Crippen LogP contribution < -0.4 is 0 Å². The number of imidazole rings is 1. The van der Waals surface area contributed by atoms with E-state index in [-0.39, 0.29) is 0 Å². The number of fused-ring (bicyclic) bond motifs is 1. The monoisotopic (exact) mass is 176 g/mol. The van der Waals surface area contributed by atoms with Crippen LogP contribution in [-0.4, -0.2) is 19.9 Å². The molecule has 0 radical (unpaired) electrons. The van der Waals surface area contributed by atoms with Crippen LogP contribution in [-0.2, 0) is 6.42 Å². The number of hydrogen-bond donors (Lipinski definition) is 1.